The maximum atomic E-state index is 13.3. The Labute approximate surface area is 189 Å². The fourth-order valence-corrected chi connectivity index (χ4v) is 4.36. The zero-order valence-corrected chi connectivity index (χ0v) is 18.9. The quantitative estimate of drug-likeness (QED) is 0.429. The van der Waals surface area contributed by atoms with Crippen molar-refractivity contribution in [3.63, 3.8) is 0 Å². The topological polar surface area (TPSA) is 83.3 Å². The minimum atomic E-state index is -0.565. The average Bonchev–Trinajstić information content (AvgIpc) is 3.32. The summed E-state index contributed by atoms with van der Waals surface area (Å²) in [5.74, 6) is 0.246. The van der Waals surface area contributed by atoms with E-state index in [-0.39, 0.29) is 23.5 Å². The minimum Gasteiger partial charge on any atom is -0.298 e. The molecule has 8 nitrogen and oxygen atoms in total. The summed E-state index contributed by atoms with van der Waals surface area (Å²) in [6.07, 6.45) is 1.86. The van der Waals surface area contributed by atoms with Crippen LogP contribution in [-0.4, -0.2) is 28.9 Å². The molecule has 0 aliphatic rings. The number of aryl methyl sites for hydroxylation is 3. The summed E-state index contributed by atoms with van der Waals surface area (Å²) >= 11 is 0. The highest BCUT2D eigenvalue weighted by atomic mass is 16.2. The number of ketones is 1. The Morgan fingerprint density at radius 3 is 2.42 bits per heavy atom. The molecule has 0 aliphatic carbocycles. The van der Waals surface area contributed by atoms with Gasteiger partial charge in [-0.3, -0.25) is 27.7 Å². The molecule has 8 heteroatoms. The number of aromatic nitrogens is 5. The molecule has 0 atom stereocenters. The molecular formula is C25H23N5O3. The van der Waals surface area contributed by atoms with Gasteiger partial charge in [-0.15, -0.1) is 0 Å². The number of carbonyl (C=O) groups excluding carboxylic acids is 1. The number of benzene rings is 2. The van der Waals surface area contributed by atoms with Crippen LogP contribution in [0.2, 0.25) is 0 Å². The number of carbonyl (C=O) groups is 1. The number of imidazole rings is 2. The van der Waals surface area contributed by atoms with Gasteiger partial charge in [0.05, 0.1) is 17.9 Å². The molecule has 0 fully saturated rings. The van der Waals surface area contributed by atoms with Gasteiger partial charge in [-0.1, -0.05) is 48.0 Å². The van der Waals surface area contributed by atoms with Crippen molar-refractivity contribution in [3.8, 4) is 16.9 Å². The molecule has 0 amide bonds. The first-order valence-electron chi connectivity index (χ1n) is 10.6. The molecule has 33 heavy (non-hydrogen) atoms. The molecule has 2 aromatic carbocycles. The first kappa shape index (κ1) is 20.7. The summed E-state index contributed by atoms with van der Waals surface area (Å²) in [7, 11) is 1.56. The summed E-state index contributed by atoms with van der Waals surface area (Å²) < 4.78 is 6.01. The van der Waals surface area contributed by atoms with Crippen molar-refractivity contribution >= 4 is 22.7 Å². The lowest BCUT2D eigenvalue weighted by atomic mass is 10.1. The minimum absolute atomic E-state index is 0.258. The smallest absolute Gasteiger partial charge is 0.298 e. The second kappa shape index (κ2) is 7.44. The third kappa shape index (κ3) is 3.14. The second-order valence-electron chi connectivity index (χ2n) is 8.39. The third-order valence-corrected chi connectivity index (χ3v) is 5.89. The van der Waals surface area contributed by atoms with Crippen molar-refractivity contribution in [1.29, 1.82) is 0 Å². The maximum Gasteiger partial charge on any atom is 0.332 e. The predicted molar refractivity (Wildman–Crippen MR) is 127 cm³/mol. The third-order valence-electron chi connectivity index (χ3n) is 5.89. The molecule has 3 aromatic heterocycles. The highest BCUT2D eigenvalue weighted by Crippen LogP contribution is 2.30. The molecule has 0 radical (unpaired) electrons. The first-order chi connectivity index (χ1) is 15.8. The van der Waals surface area contributed by atoms with Gasteiger partial charge in [0, 0.05) is 18.8 Å². The normalized spacial score (nSPS) is 11.5. The lowest BCUT2D eigenvalue weighted by Gasteiger charge is -2.12. The van der Waals surface area contributed by atoms with Crippen molar-refractivity contribution in [3.05, 3.63) is 86.7 Å². The molecule has 5 rings (SSSR count). The van der Waals surface area contributed by atoms with Crippen LogP contribution in [0.25, 0.3) is 33.9 Å². The fourth-order valence-electron chi connectivity index (χ4n) is 4.36. The second-order valence-corrected chi connectivity index (χ2v) is 8.39. The molecule has 0 spiro atoms. The van der Waals surface area contributed by atoms with Crippen molar-refractivity contribution in [2.75, 3.05) is 0 Å². The average molecular weight is 441 g/mol. The van der Waals surface area contributed by atoms with Crippen molar-refractivity contribution in [2.45, 2.75) is 27.3 Å². The van der Waals surface area contributed by atoms with Crippen molar-refractivity contribution < 1.29 is 4.79 Å². The predicted octanol–water partition coefficient (Wildman–Crippen LogP) is 3.01. The van der Waals surface area contributed by atoms with Crippen LogP contribution >= 0.6 is 0 Å². The SMILES string of the molecule is CC(=O)Cn1c(=O)c2c(nc3n(-c4ccc(C)cc4C)c(-c4ccccc4)cn23)n(C)c1=O. The maximum absolute atomic E-state index is 13.3. The van der Waals surface area contributed by atoms with Gasteiger partial charge >= 0.3 is 5.69 Å². The van der Waals surface area contributed by atoms with E-state index in [4.69, 9.17) is 4.98 Å². The van der Waals surface area contributed by atoms with Crippen LogP contribution < -0.4 is 11.2 Å². The summed E-state index contributed by atoms with van der Waals surface area (Å²) in [4.78, 5) is 42.6. The molecular weight excluding hydrogens is 418 g/mol. The Morgan fingerprint density at radius 2 is 1.76 bits per heavy atom. The summed E-state index contributed by atoms with van der Waals surface area (Å²) in [5, 5.41) is 0. The van der Waals surface area contributed by atoms with E-state index < -0.39 is 11.2 Å². The van der Waals surface area contributed by atoms with E-state index in [2.05, 4.69) is 6.07 Å². The van der Waals surface area contributed by atoms with Gasteiger partial charge in [0.1, 0.15) is 5.78 Å². The van der Waals surface area contributed by atoms with E-state index in [1.54, 1.807) is 11.4 Å². The molecule has 166 valence electrons. The van der Waals surface area contributed by atoms with Gasteiger partial charge in [-0.2, -0.15) is 4.98 Å². The van der Waals surface area contributed by atoms with Crippen LogP contribution in [0.3, 0.4) is 0 Å². The standard InChI is InChI=1S/C25H23N5O3/c1-15-10-11-19(16(2)12-15)30-20(18-8-6-5-7-9-18)14-28-21-22(26-24(28)30)27(4)25(33)29(23(21)32)13-17(3)31/h5-12,14H,13H2,1-4H3. The lowest BCUT2D eigenvalue weighted by molar-refractivity contribution is -0.117. The molecule has 5 aromatic rings. The number of hydrogen-bond acceptors (Lipinski definition) is 4. The van der Waals surface area contributed by atoms with Crippen LogP contribution in [0.4, 0.5) is 0 Å². The van der Waals surface area contributed by atoms with Gasteiger partial charge < -0.3 is 0 Å². The molecule has 0 unspecified atom stereocenters. The Hall–Kier alpha value is -4.20. The van der Waals surface area contributed by atoms with Crippen LogP contribution in [-0.2, 0) is 18.4 Å². The first-order valence-corrected chi connectivity index (χ1v) is 10.6. The molecule has 0 N–H and O–H groups in total. The van der Waals surface area contributed by atoms with Crippen LogP contribution in [0.15, 0.2) is 64.3 Å². The van der Waals surface area contributed by atoms with Gasteiger partial charge in [0.2, 0.25) is 5.78 Å². The van der Waals surface area contributed by atoms with E-state index in [1.165, 1.54) is 11.5 Å². The lowest BCUT2D eigenvalue weighted by Crippen LogP contribution is -2.40. The van der Waals surface area contributed by atoms with Gasteiger partial charge in [0.25, 0.3) is 5.56 Å². The summed E-state index contributed by atoms with van der Waals surface area (Å²) in [6, 6.07) is 16.0. The van der Waals surface area contributed by atoms with Crippen LogP contribution in [0, 0.1) is 13.8 Å². The van der Waals surface area contributed by atoms with Gasteiger partial charge in [-0.25, -0.2) is 4.79 Å². The number of hydrogen-bond donors (Lipinski definition) is 0. The molecule has 0 bridgehead atoms. The molecule has 0 saturated heterocycles. The zero-order chi connectivity index (χ0) is 23.4. The van der Waals surface area contributed by atoms with E-state index in [0.717, 1.165) is 32.6 Å². The number of fused-ring (bicyclic) bond motifs is 3. The Morgan fingerprint density at radius 1 is 1.03 bits per heavy atom. The molecule has 0 saturated carbocycles. The highest BCUT2D eigenvalue weighted by molar-refractivity contribution is 5.80. The Kier molecular flexibility index (Phi) is 4.67. The number of rotatable bonds is 4. The Bertz CT molecular complexity index is 1680. The largest absolute Gasteiger partial charge is 0.332 e. The zero-order valence-electron chi connectivity index (χ0n) is 18.9. The van der Waals surface area contributed by atoms with E-state index in [9.17, 15) is 14.4 Å². The molecule has 0 aliphatic heterocycles. The van der Waals surface area contributed by atoms with Crippen molar-refractivity contribution in [2.24, 2.45) is 7.05 Å². The monoisotopic (exact) mass is 441 g/mol. The van der Waals surface area contributed by atoms with Crippen LogP contribution in [0.5, 0.6) is 0 Å². The van der Waals surface area contributed by atoms with Gasteiger partial charge in [0.15, 0.2) is 11.2 Å². The van der Waals surface area contributed by atoms with E-state index in [1.807, 2.05) is 67.1 Å². The Balaban J connectivity index is 1.96. The van der Waals surface area contributed by atoms with Crippen molar-refractivity contribution in [1.82, 2.24) is 23.1 Å². The number of nitrogens with zero attached hydrogens (tertiary/aromatic N) is 5. The fraction of sp³-hybridized carbons (Fsp3) is 0.200. The molecule has 3 heterocycles. The van der Waals surface area contributed by atoms with Gasteiger partial charge in [-0.05, 0) is 32.4 Å². The van der Waals surface area contributed by atoms with Crippen LogP contribution in [0.1, 0.15) is 18.1 Å². The summed E-state index contributed by atoms with van der Waals surface area (Å²) in [5.41, 5.74) is 4.39. The summed E-state index contributed by atoms with van der Waals surface area (Å²) in [6.45, 7) is 5.15. The highest BCUT2D eigenvalue weighted by Gasteiger charge is 2.23. The van der Waals surface area contributed by atoms with E-state index >= 15 is 0 Å². The van der Waals surface area contributed by atoms with E-state index in [0.29, 0.717) is 5.78 Å². The number of Topliss-reactive ketones (excluding diaryl/α,β-unsaturated/α-hetero) is 1.